The van der Waals surface area contributed by atoms with Crippen LogP contribution in [0.25, 0.3) is 22.0 Å². The average molecular weight is 365 g/mol. The Hall–Kier alpha value is -2.76. The molecule has 5 nitrogen and oxygen atoms in total. The van der Waals surface area contributed by atoms with Gasteiger partial charge in [-0.25, -0.2) is 0 Å². The summed E-state index contributed by atoms with van der Waals surface area (Å²) in [6, 6.07) is 13.7. The number of hydrogen-bond donors (Lipinski definition) is 1. The van der Waals surface area contributed by atoms with E-state index in [2.05, 4.69) is 4.98 Å². The molecule has 0 amide bonds. The number of aromatic nitrogens is 1. The number of aliphatic hydroxyl groups is 1. The Morgan fingerprint density at radius 3 is 2.56 bits per heavy atom. The predicted molar refractivity (Wildman–Crippen MR) is 104 cm³/mol. The molecule has 0 aliphatic rings. The minimum Gasteiger partial charge on any atom is -0.469 e. The third-order valence-electron chi connectivity index (χ3n) is 4.46. The number of ether oxygens (including phenoxy) is 2. The Balaban J connectivity index is 2.06. The molecule has 3 rings (SSSR count). The van der Waals surface area contributed by atoms with Gasteiger partial charge in [0.1, 0.15) is 0 Å². The molecule has 1 atom stereocenters. The summed E-state index contributed by atoms with van der Waals surface area (Å²) in [7, 11) is 3.02. The summed E-state index contributed by atoms with van der Waals surface area (Å²) >= 11 is 0. The third-order valence-corrected chi connectivity index (χ3v) is 4.46. The van der Waals surface area contributed by atoms with Gasteiger partial charge in [0, 0.05) is 24.3 Å². The summed E-state index contributed by atoms with van der Waals surface area (Å²) in [6.07, 6.45) is 1.49. The average Bonchev–Trinajstić information content (AvgIpc) is 2.67. The van der Waals surface area contributed by atoms with Crippen LogP contribution in [0.4, 0.5) is 0 Å². The maximum Gasteiger partial charge on any atom is 0.309 e. The molecule has 27 heavy (non-hydrogen) atoms. The van der Waals surface area contributed by atoms with Gasteiger partial charge in [0.15, 0.2) is 0 Å². The lowest BCUT2D eigenvalue weighted by molar-refractivity contribution is -0.139. The molecule has 1 N–H and O–H groups in total. The molecule has 0 bridgehead atoms. The number of aliphatic hydroxyl groups excluding tert-OH is 1. The van der Waals surface area contributed by atoms with Gasteiger partial charge in [0.25, 0.3) is 0 Å². The van der Waals surface area contributed by atoms with Crippen molar-refractivity contribution in [3.05, 3.63) is 65.4 Å². The minimum absolute atomic E-state index is 0.195. The monoisotopic (exact) mass is 365 g/mol. The Bertz CT molecular complexity index is 966. The molecule has 0 spiro atoms. The molecule has 140 valence electrons. The van der Waals surface area contributed by atoms with Crippen molar-refractivity contribution in [1.82, 2.24) is 4.98 Å². The Morgan fingerprint density at radius 1 is 1.07 bits per heavy atom. The number of nitrogens with zero attached hydrogens (tertiary/aromatic N) is 1. The number of benzene rings is 2. The third kappa shape index (κ3) is 4.51. The first-order valence-electron chi connectivity index (χ1n) is 8.77. The molecule has 0 fully saturated rings. The lowest BCUT2D eigenvalue weighted by Gasteiger charge is -2.11. The van der Waals surface area contributed by atoms with Crippen LogP contribution >= 0.6 is 0 Å². The summed E-state index contributed by atoms with van der Waals surface area (Å²) in [4.78, 5) is 16.3. The summed E-state index contributed by atoms with van der Waals surface area (Å²) in [5.74, 6) is -0.288. The van der Waals surface area contributed by atoms with Crippen molar-refractivity contribution in [2.45, 2.75) is 26.1 Å². The quantitative estimate of drug-likeness (QED) is 0.673. The highest BCUT2D eigenvalue weighted by atomic mass is 16.5. The second-order valence-corrected chi connectivity index (χ2v) is 6.58. The van der Waals surface area contributed by atoms with E-state index < -0.39 is 6.10 Å². The van der Waals surface area contributed by atoms with E-state index in [4.69, 9.17) is 9.47 Å². The summed E-state index contributed by atoms with van der Waals surface area (Å²) in [6.45, 7) is 2.19. The normalized spacial score (nSPS) is 12.1. The highest BCUT2D eigenvalue weighted by molar-refractivity contribution is 5.86. The topological polar surface area (TPSA) is 68.7 Å². The first-order chi connectivity index (χ1) is 13.0. The number of fused-ring (bicyclic) bond motifs is 1. The lowest BCUT2D eigenvalue weighted by Crippen LogP contribution is -2.05. The fourth-order valence-electron chi connectivity index (χ4n) is 3.08. The zero-order chi connectivity index (χ0) is 19.4. The zero-order valence-electron chi connectivity index (χ0n) is 15.7. The van der Waals surface area contributed by atoms with Crippen molar-refractivity contribution in [3.63, 3.8) is 0 Å². The van der Waals surface area contributed by atoms with Gasteiger partial charge in [-0.2, -0.15) is 0 Å². The fraction of sp³-hybridized carbons (Fsp3) is 0.273. The van der Waals surface area contributed by atoms with E-state index in [1.807, 2.05) is 48.7 Å². The minimum atomic E-state index is -0.525. The van der Waals surface area contributed by atoms with Crippen molar-refractivity contribution < 1.29 is 19.4 Å². The smallest absolute Gasteiger partial charge is 0.309 e. The van der Waals surface area contributed by atoms with Gasteiger partial charge in [0.05, 0.1) is 31.9 Å². The maximum absolute atomic E-state index is 11.7. The van der Waals surface area contributed by atoms with E-state index in [0.29, 0.717) is 6.61 Å². The number of carbonyl (C=O) groups excluding carboxylic acids is 1. The fourth-order valence-corrected chi connectivity index (χ4v) is 3.08. The van der Waals surface area contributed by atoms with Crippen molar-refractivity contribution in [2.24, 2.45) is 0 Å². The largest absolute Gasteiger partial charge is 0.469 e. The van der Waals surface area contributed by atoms with Gasteiger partial charge in [-0.15, -0.1) is 0 Å². The van der Waals surface area contributed by atoms with E-state index in [0.717, 1.165) is 38.7 Å². The molecular weight excluding hydrogens is 342 g/mol. The maximum atomic E-state index is 11.7. The van der Waals surface area contributed by atoms with Crippen LogP contribution in [0.1, 0.15) is 29.7 Å². The second-order valence-electron chi connectivity index (χ2n) is 6.58. The van der Waals surface area contributed by atoms with E-state index in [1.54, 1.807) is 14.0 Å². The highest BCUT2D eigenvalue weighted by Gasteiger charge is 2.10. The molecular formula is C22H23NO4. The molecule has 0 aliphatic heterocycles. The number of pyridine rings is 1. The van der Waals surface area contributed by atoms with E-state index in [1.165, 1.54) is 7.11 Å². The van der Waals surface area contributed by atoms with Crippen LogP contribution < -0.4 is 0 Å². The van der Waals surface area contributed by atoms with Gasteiger partial charge >= 0.3 is 5.97 Å². The molecule has 3 aromatic rings. The molecule has 0 aliphatic carbocycles. The SMILES string of the molecule is COCc1cc(CC(=O)OC)cc(-c2cc3cc([C@@H](C)O)ccc3cn2)c1. The molecule has 1 aromatic heterocycles. The summed E-state index contributed by atoms with van der Waals surface area (Å²) in [5.41, 5.74) is 4.39. The van der Waals surface area contributed by atoms with Crippen molar-refractivity contribution >= 4 is 16.7 Å². The molecule has 5 heteroatoms. The van der Waals surface area contributed by atoms with Crippen LogP contribution in [0.5, 0.6) is 0 Å². The molecule has 0 saturated carbocycles. The lowest BCUT2D eigenvalue weighted by atomic mass is 9.99. The number of rotatable bonds is 6. The van der Waals surface area contributed by atoms with Crippen LogP contribution in [-0.4, -0.2) is 30.3 Å². The molecule has 2 aromatic carbocycles. The van der Waals surface area contributed by atoms with Gasteiger partial charge < -0.3 is 14.6 Å². The van der Waals surface area contributed by atoms with Crippen molar-refractivity contribution in [3.8, 4) is 11.3 Å². The van der Waals surface area contributed by atoms with Gasteiger partial charge in [-0.3, -0.25) is 9.78 Å². The van der Waals surface area contributed by atoms with E-state index in [-0.39, 0.29) is 12.4 Å². The van der Waals surface area contributed by atoms with Gasteiger partial charge in [-0.05, 0) is 53.3 Å². The Kier molecular flexibility index (Phi) is 5.84. The van der Waals surface area contributed by atoms with E-state index >= 15 is 0 Å². The second kappa shape index (κ2) is 8.29. The Morgan fingerprint density at radius 2 is 1.85 bits per heavy atom. The van der Waals surface area contributed by atoms with Crippen LogP contribution in [0, 0.1) is 0 Å². The molecule has 0 unspecified atom stereocenters. The highest BCUT2D eigenvalue weighted by Crippen LogP contribution is 2.27. The molecule has 1 heterocycles. The van der Waals surface area contributed by atoms with Crippen LogP contribution in [0.2, 0.25) is 0 Å². The van der Waals surface area contributed by atoms with Crippen LogP contribution in [-0.2, 0) is 27.3 Å². The van der Waals surface area contributed by atoms with Crippen molar-refractivity contribution in [2.75, 3.05) is 14.2 Å². The first kappa shape index (κ1) is 19.0. The molecule has 0 radical (unpaired) electrons. The van der Waals surface area contributed by atoms with Crippen molar-refractivity contribution in [1.29, 1.82) is 0 Å². The van der Waals surface area contributed by atoms with E-state index in [9.17, 15) is 9.90 Å². The first-order valence-corrected chi connectivity index (χ1v) is 8.77. The zero-order valence-corrected chi connectivity index (χ0v) is 15.7. The van der Waals surface area contributed by atoms with Crippen LogP contribution in [0.15, 0.2) is 48.7 Å². The number of hydrogen-bond acceptors (Lipinski definition) is 5. The van der Waals surface area contributed by atoms with Crippen LogP contribution in [0.3, 0.4) is 0 Å². The Labute approximate surface area is 158 Å². The van der Waals surface area contributed by atoms with Gasteiger partial charge in [-0.1, -0.05) is 18.2 Å². The molecule has 0 saturated heterocycles. The number of esters is 1. The summed E-state index contributed by atoms with van der Waals surface area (Å²) in [5, 5.41) is 11.8. The summed E-state index contributed by atoms with van der Waals surface area (Å²) < 4.78 is 10.0. The standard InChI is InChI=1S/C22H23NO4/c1-14(24)17-4-5-18-12-23-21(11-19(18)10-17)20-7-15(9-22(25)27-3)6-16(8-20)13-26-2/h4-8,10-12,14,24H,9,13H2,1-3H3/t14-/m1/s1. The predicted octanol–water partition coefficient (Wildman–Crippen LogP) is 3.82. The number of methoxy groups -OCH3 is 2. The number of carbonyl (C=O) groups is 1. The van der Waals surface area contributed by atoms with Gasteiger partial charge in [0.2, 0.25) is 0 Å².